The monoisotopic (exact) mass is 289 g/mol. The molecular weight excluding hydrogens is 276 g/mol. The largest absolute Gasteiger partial charge is 0.362 e. The number of halogens is 2. The standard InChI is InChI=1S/C14H13F2N5/c15-14(16)5-10(18)7-21(8-14)11-2-1-9(6-17)12-13(11)20-4-3-19-12/h1-4,10H,5,7-8,18H2. The fourth-order valence-corrected chi connectivity index (χ4v) is 2.71. The van der Waals surface area contributed by atoms with Crippen molar-refractivity contribution < 1.29 is 8.78 Å². The Morgan fingerprint density at radius 1 is 1.29 bits per heavy atom. The molecule has 1 aromatic carbocycles. The van der Waals surface area contributed by atoms with Crippen LogP contribution in [0.2, 0.25) is 0 Å². The number of nitrogens with two attached hydrogens (primary N) is 1. The van der Waals surface area contributed by atoms with E-state index in [-0.39, 0.29) is 6.42 Å². The number of fused-ring (bicyclic) bond motifs is 1. The normalized spacial score (nSPS) is 21.2. The van der Waals surface area contributed by atoms with E-state index >= 15 is 0 Å². The van der Waals surface area contributed by atoms with Gasteiger partial charge in [0.15, 0.2) is 0 Å². The summed E-state index contributed by atoms with van der Waals surface area (Å²) in [6.45, 7) is -0.0779. The Morgan fingerprint density at radius 3 is 2.67 bits per heavy atom. The Balaban J connectivity index is 2.11. The molecular formula is C14H13F2N5. The average molecular weight is 289 g/mol. The molecule has 0 spiro atoms. The van der Waals surface area contributed by atoms with Gasteiger partial charge in [-0.15, -0.1) is 0 Å². The molecule has 1 aromatic heterocycles. The quantitative estimate of drug-likeness (QED) is 0.864. The fraction of sp³-hybridized carbons (Fsp3) is 0.357. The van der Waals surface area contributed by atoms with Gasteiger partial charge in [0.1, 0.15) is 17.1 Å². The van der Waals surface area contributed by atoms with E-state index in [1.54, 1.807) is 12.1 Å². The van der Waals surface area contributed by atoms with Crippen molar-refractivity contribution in [3.05, 3.63) is 30.1 Å². The minimum atomic E-state index is -2.83. The number of alkyl halides is 2. The van der Waals surface area contributed by atoms with Crippen molar-refractivity contribution in [3.63, 3.8) is 0 Å². The molecule has 3 rings (SSSR count). The molecule has 5 nitrogen and oxygen atoms in total. The second-order valence-corrected chi connectivity index (χ2v) is 5.20. The van der Waals surface area contributed by atoms with Crippen LogP contribution in [0.15, 0.2) is 24.5 Å². The molecule has 1 aliphatic heterocycles. The van der Waals surface area contributed by atoms with Crippen molar-refractivity contribution in [2.45, 2.75) is 18.4 Å². The number of benzene rings is 1. The predicted octanol–water partition coefficient (Wildman–Crippen LogP) is 1.67. The van der Waals surface area contributed by atoms with Crippen molar-refractivity contribution in [3.8, 4) is 6.07 Å². The van der Waals surface area contributed by atoms with Crippen LogP contribution in [0.3, 0.4) is 0 Å². The van der Waals surface area contributed by atoms with E-state index in [1.807, 2.05) is 6.07 Å². The summed E-state index contributed by atoms with van der Waals surface area (Å²) in [5.74, 6) is -2.83. The van der Waals surface area contributed by atoms with E-state index in [2.05, 4.69) is 9.97 Å². The van der Waals surface area contributed by atoms with Gasteiger partial charge in [0.05, 0.1) is 17.8 Å². The Hall–Kier alpha value is -2.33. The lowest BCUT2D eigenvalue weighted by Crippen LogP contribution is -2.52. The number of piperidine rings is 1. The van der Waals surface area contributed by atoms with Crippen molar-refractivity contribution in [2.24, 2.45) is 5.73 Å². The van der Waals surface area contributed by atoms with Gasteiger partial charge in [-0.3, -0.25) is 9.97 Å². The molecule has 7 heteroatoms. The van der Waals surface area contributed by atoms with E-state index in [9.17, 15) is 8.78 Å². The zero-order valence-electron chi connectivity index (χ0n) is 11.1. The van der Waals surface area contributed by atoms with Crippen molar-refractivity contribution in [1.82, 2.24) is 9.97 Å². The van der Waals surface area contributed by atoms with Crippen LogP contribution in [0.4, 0.5) is 14.5 Å². The first kappa shape index (κ1) is 13.6. The Labute approximate surface area is 120 Å². The first-order chi connectivity index (χ1) is 10.00. The van der Waals surface area contributed by atoms with Crippen LogP contribution in [0.5, 0.6) is 0 Å². The number of anilines is 1. The summed E-state index contributed by atoms with van der Waals surface area (Å²) in [7, 11) is 0. The topological polar surface area (TPSA) is 78.8 Å². The predicted molar refractivity (Wildman–Crippen MR) is 74.0 cm³/mol. The first-order valence-electron chi connectivity index (χ1n) is 6.52. The molecule has 1 aliphatic rings. The number of hydrogen-bond acceptors (Lipinski definition) is 5. The average Bonchev–Trinajstić information content (AvgIpc) is 2.44. The molecule has 2 aromatic rings. The molecule has 1 unspecified atom stereocenters. The van der Waals surface area contributed by atoms with E-state index in [0.29, 0.717) is 28.8 Å². The number of rotatable bonds is 1. The SMILES string of the molecule is N#Cc1ccc(N2CC(N)CC(F)(F)C2)c2nccnc12. The van der Waals surface area contributed by atoms with Gasteiger partial charge in [-0.05, 0) is 12.1 Å². The highest BCUT2D eigenvalue weighted by atomic mass is 19.3. The van der Waals surface area contributed by atoms with Crippen LogP contribution in [0.1, 0.15) is 12.0 Å². The Kier molecular flexibility index (Phi) is 3.18. The lowest BCUT2D eigenvalue weighted by atomic mass is 10.0. The summed E-state index contributed by atoms with van der Waals surface area (Å²) >= 11 is 0. The molecule has 1 saturated heterocycles. The van der Waals surface area contributed by atoms with Crippen molar-refractivity contribution in [2.75, 3.05) is 18.0 Å². The minimum Gasteiger partial charge on any atom is -0.362 e. The molecule has 0 bridgehead atoms. The van der Waals surface area contributed by atoms with Crippen LogP contribution in [0, 0.1) is 11.3 Å². The van der Waals surface area contributed by atoms with Crippen LogP contribution in [-0.2, 0) is 0 Å². The van der Waals surface area contributed by atoms with Crippen LogP contribution >= 0.6 is 0 Å². The first-order valence-corrected chi connectivity index (χ1v) is 6.52. The van der Waals surface area contributed by atoms with Gasteiger partial charge in [-0.2, -0.15) is 5.26 Å². The number of nitrogens with zero attached hydrogens (tertiary/aromatic N) is 4. The highest BCUT2D eigenvalue weighted by Gasteiger charge is 2.39. The van der Waals surface area contributed by atoms with Gasteiger partial charge in [0.25, 0.3) is 5.92 Å². The number of aromatic nitrogens is 2. The summed E-state index contributed by atoms with van der Waals surface area (Å²) in [4.78, 5) is 9.85. The molecule has 0 saturated carbocycles. The van der Waals surface area contributed by atoms with E-state index in [1.165, 1.54) is 17.3 Å². The molecule has 21 heavy (non-hydrogen) atoms. The highest BCUT2D eigenvalue weighted by molar-refractivity contribution is 5.92. The molecule has 108 valence electrons. The summed E-state index contributed by atoms with van der Waals surface area (Å²) < 4.78 is 27.5. The molecule has 2 heterocycles. The van der Waals surface area contributed by atoms with Gasteiger partial charge in [-0.25, -0.2) is 8.78 Å². The third kappa shape index (κ3) is 2.50. The van der Waals surface area contributed by atoms with E-state index < -0.39 is 18.5 Å². The third-order valence-corrected chi connectivity index (χ3v) is 3.50. The number of hydrogen-bond donors (Lipinski definition) is 1. The molecule has 2 N–H and O–H groups in total. The molecule has 0 radical (unpaired) electrons. The summed E-state index contributed by atoms with van der Waals surface area (Å²) in [6, 6.07) is 4.63. The van der Waals surface area contributed by atoms with Gasteiger partial charge >= 0.3 is 0 Å². The molecule has 0 amide bonds. The lowest BCUT2D eigenvalue weighted by molar-refractivity contribution is -0.0171. The minimum absolute atomic E-state index is 0.316. The lowest BCUT2D eigenvalue weighted by Gasteiger charge is -2.37. The second-order valence-electron chi connectivity index (χ2n) is 5.20. The maximum atomic E-state index is 13.7. The fourth-order valence-electron chi connectivity index (χ4n) is 2.71. The molecule has 0 aliphatic carbocycles. The Morgan fingerprint density at radius 2 is 2.00 bits per heavy atom. The second kappa shape index (κ2) is 4.90. The maximum Gasteiger partial charge on any atom is 0.266 e. The highest BCUT2D eigenvalue weighted by Crippen LogP contribution is 2.33. The molecule has 1 atom stereocenters. The summed E-state index contributed by atoms with van der Waals surface area (Å²) in [5.41, 5.74) is 7.50. The summed E-state index contributed by atoms with van der Waals surface area (Å²) in [5, 5.41) is 9.09. The summed E-state index contributed by atoms with van der Waals surface area (Å²) in [6.07, 6.45) is 2.64. The van der Waals surface area contributed by atoms with Crippen LogP contribution in [-0.4, -0.2) is 35.0 Å². The zero-order valence-corrected chi connectivity index (χ0v) is 11.1. The Bertz CT molecular complexity index is 725. The smallest absolute Gasteiger partial charge is 0.266 e. The zero-order chi connectivity index (χ0) is 15.0. The van der Waals surface area contributed by atoms with Gasteiger partial charge in [0.2, 0.25) is 0 Å². The van der Waals surface area contributed by atoms with E-state index in [0.717, 1.165) is 0 Å². The van der Waals surface area contributed by atoms with Gasteiger partial charge in [-0.1, -0.05) is 0 Å². The molecule has 1 fully saturated rings. The van der Waals surface area contributed by atoms with Crippen molar-refractivity contribution >= 4 is 16.7 Å². The van der Waals surface area contributed by atoms with Gasteiger partial charge < -0.3 is 10.6 Å². The van der Waals surface area contributed by atoms with Gasteiger partial charge in [0, 0.05) is 31.4 Å². The van der Waals surface area contributed by atoms with Crippen molar-refractivity contribution in [1.29, 1.82) is 5.26 Å². The maximum absolute atomic E-state index is 13.7. The van der Waals surface area contributed by atoms with E-state index in [4.69, 9.17) is 11.0 Å². The number of nitriles is 1. The third-order valence-electron chi connectivity index (χ3n) is 3.50. The van der Waals surface area contributed by atoms with Crippen LogP contribution in [0.25, 0.3) is 11.0 Å². The van der Waals surface area contributed by atoms with Crippen LogP contribution < -0.4 is 10.6 Å².